The molecule has 1 aliphatic heterocycles. The molecule has 0 N–H and O–H groups in total. The topological polar surface area (TPSA) is 72.8 Å². The van der Waals surface area contributed by atoms with E-state index in [1.807, 2.05) is 32.9 Å². The number of ether oxygens (including phenoxy) is 1. The highest BCUT2D eigenvalue weighted by Crippen LogP contribution is 2.39. The van der Waals surface area contributed by atoms with Gasteiger partial charge in [-0.05, 0) is 113 Å². The van der Waals surface area contributed by atoms with Gasteiger partial charge in [0.2, 0.25) is 6.29 Å². The van der Waals surface area contributed by atoms with E-state index in [0.29, 0.717) is 25.8 Å². The number of Topliss-reactive ketones (excluding diaryl/α,β-unsaturated/α-hetero) is 1. The van der Waals surface area contributed by atoms with Gasteiger partial charge in [-0.1, -0.05) is 38.1 Å². The quantitative estimate of drug-likeness (QED) is 0.154. The lowest BCUT2D eigenvalue weighted by Gasteiger charge is -2.22. The van der Waals surface area contributed by atoms with Gasteiger partial charge in [-0.25, -0.2) is 8.78 Å². The molecule has 0 spiro atoms. The molecule has 0 bridgehead atoms. The number of hydrogen-bond acceptors (Lipinski definition) is 5. The summed E-state index contributed by atoms with van der Waals surface area (Å²) in [4.78, 5) is 37.5. The number of ketones is 1. The first-order valence-corrected chi connectivity index (χ1v) is 15.7. The van der Waals surface area contributed by atoms with Gasteiger partial charge in [0.15, 0.2) is 0 Å². The summed E-state index contributed by atoms with van der Waals surface area (Å²) >= 11 is 0. The summed E-state index contributed by atoms with van der Waals surface area (Å²) in [6.07, 6.45) is 2.47. The molecule has 0 amide bonds. The Bertz CT molecular complexity index is 1300. The number of carbonyl (C=O) groups excluding carboxylic acids is 3. The van der Waals surface area contributed by atoms with Crippen LogP contribution in [0.5, 0.6) is 0 Å². The smallest absolute Gasteiger partial charge is 0.446 e. The first-order valence-electron chi connectivity index (χ1n) is 16.4. The molecule has 0 aromatic heterocycles. The highest BCUT2D eigenvalue weighted by molar-refractivity contribution is 5.90. The fraction of sp³-hybridized carbons (Fsp3) is 0.556. The number of nitrogens with zero attached hydrogens (tertiary/aromatic N) is 1. The van der Waals surface area contributed by atoms with Crippen LogP contribution in [-0.4, -0.2) is 35.5 Å². The highest BCUT2D eigenvalue weighted by Gasteiger charge is 2.32. The average molecular weight is 653 g/mol. The van der Waals surface area contributed by atoms with E-state index < -0.39 is 18.1 Å². The van der Waals surface area contributed by atoms with Crippen molar-refractivity contribution < 1.29 is 42.4 Å². The van der Waals surface area contributed by atoms with Gasteiger partial charge in [0.05, 0.1) is 12.5 Å². The third kappa shape index (κ3) is 15.2. The maximum absolute atomic E-state index is 13.1. The van der Waals surface area contributed by atoms with Crippen LogP contribution < -0.4 is 0 Å². The number of rotatable bonds is 9. The van der Waals surface area contributed by atoms with Crippen LogP contribution in [0.1, 0.15) is 117 Å². The molecule has 46 heavy (non-hydrogen) atoms. The van der Waals surface area contributed by atoms with Gasteiger partial charge >= 0.3 is 12.1 Å². The Morgan fingerprint density at radius 3 is 1.93 bits per heavy atom. The van der Waals surface area contributed by atoms with Gasteiger partial charge in [-0.3, -0.25) is 19.4 Å². The Morgan fingerprint density at radius 2 is 1.48 bits per heavy atom. The standard InChI is InChI=1S/C19H25FO3.C13H14FN.C2HF3O.C2H6/c1-19(2,3)23-18(22)12-15(8-11-17(21)14-4-5-14)13-6-9-16(20)10-7-13;14-11-5-3-10(4-6-11)13-8-7-12(15-13)9-1-2-9;3-2(4,5)1-6;1-2/h6-7,9-10,14-15H,4-5,8,11-12H2,1-3H3;3-6,9,13H,1-2,7-8H2;1H;1-2H3/t15-;13-;;/m10../s1/i;;;1D. The SMILES string of the molecule is CC(C)(C)OC(=O)C[C@@H](CCC(=O)C1CC1)c1ccc(F)cc1.Fc1ccc([C@@H]2CCC(C3CC3)=N2)cc1.O=CC(F)(F)F.[2H]CC. The molecular formula is C36H46F5NO4. The van der Waals surface area contributed by atoms with Gasteiger partial charge < -0.3 is 4.74 Å². The Morgan fingerprint density at radius 1 is 0.957 bits per heavy atom. The second-order valence-electron chi connectivity index (χ2n) is 12.5. The monoisotopic (exact) mass is 652 g/mol. The van der Waals surface area contributed by atoms with Crippen LogP contribution in [0.2, 0.25) is 0 Å². The number of benzene rings is 2. The lowest BCUT2D eigenvalue weighted by Crippen LogP contribution is -2.25. The minimum Gasteiger partial charge on any atom is -0.460 e. The average Bonchev–Trinajstić information content (AvgIpc) is 3.94. The Kier molecular flexibility index (Phi) is 14.5. The largest absolute Gasteiger partial charge is 0.460 e. The normalized spacial score (nSPS) is 18.2. The van der Waals surface area contributed by atoms with E-state index in [9.17, 15) is 31.5 Å². The Balaban J connectivity index is 0.000000272. The maximum Gasteiger partial charge on any atom is 0.446 e. The van der Waals surface area contributed by atoms with E-state index in [1.165, 1.54) is 42.8 Å². The molecule has 0 radical (unpaired) electrons. The van der Waals surface area contributed by atoms with Crippen molar-refractivity contribution in [3.8, 4) is 0 Å². The van der Waals surface area contributed by atoms with Gasteiger partial charge in [-0.15, -0.1) is 0 Å². The zero-order chi connectivity index (χ0) is 35.2. The van der Waals surface area contributed by atoms with Gasteiger partial charge in [0, 0.05) is 19.4 Å². The molecule has 10 heteroatoms. The van der Waals surface area contributed by atoms with E-state index in [2.05, 4.69) is 0 Å². The molecule has 5 nitrogen and oxygen atoms in total. The highest BCUT2D eigenvalue weighted by atomic mass is 19.4. The van der Waals surface area contributed by atoms with Crippen molar-refractivity contribution in [1.29, 1.82) is 0 Å². The van der Waals surface area contributed by atoms with E-state index in [0.717, 1.165) is 42.7 Å². The lowest BCUT2D eigenvalue weighted by atomic mass is 9.90. The number of aliphatic imine (C=N–C) groups is 1. The van der Waals surface area contributed by atoms with Crippen molar-refractivity contribution in [1.82, 2.24) is 0 Å². The fourth-order valence-electron chi connectivity index (χ4n) is 4.90. The number of alkyl halides is 3. The van der Waals surface area contributed by atoms with E-state index in [1.54, 1.807) is 19.1 Å². The molecule has 0 unspecified atom stereocenters. The summed E-state index contributed by atoms with van der Waals surface area (Å²) in [7, 11) is 0. The molecule has 2 saturated carbocycles. The van der Waals surface area contributed by atoms with Crippen LogP contribution in [0, 0.1) is 23.5 Å². The third-order valence-corrected chi connectivity index (χ3v) is 7.38. The zero-order valence-electron chi connectivity index (χ0n) is 28.0. The predicted octanol–water partition coefficient (Wildman–Crippen LogP) is 9.69. The predicted molar refractivity (Wildman–Crippen MR) is 169 cm³/mol. The molecule has 1 heterocycles. The molecule has 3 aliphatic rings. The molecule has 254 valence electrons. The molecule has 2 fully saturated rings. The molecular weight excluding hydrogens is 605 g/mol. The number of esters is 1. The minimum absolute atomic E-state index is 0.117. The van der Waals surface area contributed by atoms with Crippen molar-refractivity contribution in [3.05, 3.63) is 71.3 Å². The van der Waals surface area contributed by atoms with Crippen molar-refractivity contribution in [2.75, 3.05) is 0 Å². The van der Waals surface area contributed by atoms with Crippen LogP contribution in [0.4, 0.5) is 22.0 Å². The first kappa shape index (κ1) is 37.0. The molecule has 5 rings (SSSR count). The lowest BCUT2D eigenvalue weighted by molar-refractivity contribution is -0.156. The number of aldehydes is 1. The van der Waals surface area contributed by atoms with Crippen molar-refractivity contribution in [2.24, 2.45) is 16.8 Å². The van der Waals surface area contributed by atoms with Gasteiger partial charge in [0.25, 0.3) is 0 Å². The van der Waals surface area contributed by atoms with Crippen molar-refractivity contribution in [3.63, 3.8) is 0 Å². The van der Waals surface area contributed by atoms with Gasteiger partial charge in [-0.2, -0.15) is 13.2 Å². The maximum atomic E-state index is 13.1. The summed E-state index contributed by atoms with van der Waals surface area (Å²) < 4.78 is 68.7. The summed E-state index contributed by atoms with van der Waals surface area (Å²) in [5.74, 6) is 0.419. The van der Waals surface area contributed by atoms with Crippen molar-refractivity contribution in [2.45, 2.75) is 116 Å². The van der Waals surface area contributed by atoms with Crippen LogP contribution >= 0.6 is 0 Å². The Labute approximate surface area is 270 Å². The molecule has 2 aromatic carbocycles. The summed E-state index contributed by atoms with van der Waals surface area (Å²) in [5, 5.41) is 0. The van der Waals surface area contributed by atoms with Crippen LogP contribution in [0.3, 0.4) is 0 Å². The van der Waals surface area contributed by atoms with E-state index in [-0.39, 0.29) is 41.6 Å². The molecule has 2 aromatic rings. The number of halogens is 5. The fourth-order valence-corrected chi connectivity index (χ4v) is 4.90. The summed E-state index contributed by atoms with van der Waals surface area (Å²) in [5.41, 5.74) is 2.91. The molecule has 2 atom stereocenters. The second-order valence-corrected chi connectivity index (χ2v) is 12.5. The van der Waals surface area contributed by atoms with Crippen molar-refractivity contribution >= 4 is 23.8 Å². The first-order chi connectivity index (χ1) is 22.0. The zero-order valence-corrected chi connectivity index (χ0v) is 27.0. The summed E-state index contributed by atoms with van der Waals surface area (Å²) in [6.45, 7) is 7.78. The molecule has 2 aliphatic carbocycles. The third-order valence-electron chi connectivity index (χ3n) is 7.38. The van der Waals surface area contributed by atoms with Crippen LogP contribution in [0.25, 0.3) is 0 Å². The van der Waals surface area contributed by atoms with Gasteiger partial charge in [0.1, 0.15) is 23.0 Å². The molecule has 0 saturated heterocycles. The van der Waals surface area contributed by atoms with Crippen LogP contribution in [-0.2, 0) is 19.1 Å². The van der Waals surface area contributed by atoms with E-state index >= 15 is 0 Å². The second kappa shape index (κ2) is 18.0. The summed E-state index contributed by atoms with van der Waals surface area (Å²) in [6, 6.07) is 13.2. The van der Waals surface area contributed by atoms with Crippen LogP contribution in [0.15, 0.2) is 53.5 Å². The number of carbonyl (C=O) groups is 3. The minimum atomic E-state index is -4.64. The number of hydrogen-bond donors (Lipinski definition) is 0. The van der Waals surface area contributed by atoms with E-state index in [4.69, 9.17) is 15.9 Å². The Hall–Kier alpha value is -3.43.